The van der Waals surface area contributed by atoms with Gasteiger partial charge >= 0.3 is 5.97 Å². The van der Waals surface area contributed by atoms with E-state index in [9.17, 15) is 13.2 Å². The number of sulfonamides is 1. The van der Waals surface area contributed by atoms with Gasteiger partial charge in [0.25, 0.3) is 0 Å². The number of ether oxygens (including phenoxy) is 1. The Morgan fingerprint density at radius 1 is 1.24 bits per heavy atom. The van der Waals surface area contributed by atoms with Gasteiger partial charge in [0.05, 0.1) is 6.61 Å². The lowest BCUT2D eigenvalue weighted by molar-refractivity contribution is 0.0519. The van der Waals surface area contributed by atoms with E-state index in [-0.39, 0.29) is 17.2 Å². The van der Waals surface area contributed by atoms with Gasteiger partial charge in [0.1, 0.15) is 10.6 Å². The summed E-state index contributed by atoms with van der Waals surface area (Å²) in [6.07, 6.45) is 0.683. The van der Waals surface area contributed by atoms with Crippen molar-refractivity contribution in [3.05, 3.63) is 52.3 Å². The van der Waals surface area contributed by atoms with Crippen molar-refractivity contribution in [2.24, 2.45) is 0 Å². The van der Waals surface area contributed by atoms with Crippen LogP contribution in [-0.2, 0) is 27.7 Å². The first-order valence-electron chi connectivity index (χ1n) is 8.29. The second-order valence-corrected chi connectivity index (χ2v) is 8.03. The van der Waals surface area contributed by atoms with Crippen LogP contribution in [0.4, 0.5) is 0 Å². The van der Waals surface area contributed by atoms with Crippen LogP contribution >= 0.6 is 0 Å². The summed E-state index contributed by atoms with van der Waals surface area (Å²) in [4.78, 5) is 15.1. The average Bonchev–Trinajstić information content (AvgIpc) is 2.89. The average molecular weight is 362 g/mol. The van der Waals surface area contributed by atoms with Gasteiger partial charge in [-0.05, 0) is 38.3 Å². The number of H-pyrrole nitrogens is 1. The highest BCUT2D eigenvalue weighted by atomic mass is 32.2. The molecule has 6 nitrogen and oxygen atoms in total. The maximum atomic E-state index is 13.2. The Morgan fingerprint density at radius 3 is 2.60 bits per heavy atom. The number of hydrogen-bond donors (Lipinski definition) is 1. The van der Waals surface area contributed by atoms with Crippen molar-refractivity contribution >= 4 is 16.0 Å². The topological polar surface area (TPSA) is 79.5 Å². The molecule has 0 aliphatic carbocycles. The van der Waals surface area contributed by atoms with E-state index in [2.05, 4.69) is 4.98 Å². The van der Waals surface area contributed by atoms with Gasteiger partial charge in [-0.15, -0.1) is 0 Å². The molecule has 7 heteroatoms. The predicted molar refractivity (Wildman–Crippen MR) is 94.0 cm³/mol. The van der Waals surface area contributed by atoms with Crippen LogP contribution in [0.5, 0.6) is 0 Å². The van der Waals surface area contributed by atoms with Gasteiger partial charge in [-0.1, -0.05) is 24.3 Å². The van der Waals surface area contributed by atoms with Gasteiger partial charge in [-0.25, -0.2) is 13.2 Å². The minimum absolute atomic E-state index is 0.176. The Bertz CT molecular complexity index is 915. The molecule has 0 saturated heterocycles. The molecule has 0 saturated carbocycles. The maximum absolute atomic E-state index is 13.2. The molecule has 1 aliphatic heterocycles. The second kappa shape index (κ2) is 6.65. The molecular weight excluding hydrogens is 340 g/mol. The highest BCUT2D eigenvalue weighted by molar-refractivity contribution is 7.89. The van der Waals surface area contributed by atoms with Crippen LogP contribution in [0.25, 0.3) is 0 Å². The monoisotopic (exact) mass is 362 g/mol. The minimum Gasteiger partial charge on any atom is -0.461 e. The summed E-state index contributed by atoms with van der Waals surface area (Å²) >= 11 is 0. The Balaban J connectivity index is 1.98. The molecule has 1 N–H and O–H groups in total. The molecule has 25 heavy (non-hydrogen) atoms. The van der Waals surface area contributed by atoms with Gasteiger partial charge in [-0.2, -0.15) is 4.31 Å². The van der Waals surface area contributed by atoms with Crippen molar-refractivity contribution in [2.75, 3.05) is 13.2 Å². The van der Waals surface area contributed by atoms with E-state index in [1.165, 1.54) is 9.87 Å². The van der Waals surface area contributed by atoms with E-state index < -0.39 is 16.0 Å². The fraction of sp³-hybridized carbons (Fsp3) is 0.389. The third-order valence-electron chi connectivity index (χ3n) is 4.54. The normalized spacial score (nSPS) is 15.0. The molecule has 0 bridgehead atoms. The molecule has 1 aromatic heterocycles. The number of aromatic nitrogens is 1. The lowest BCUT2D eigenvalue weighted by atomic mass is 10.0. The van der Waals surface area contributed by atoms with E-state index in [1.807, 2.05) is 24.3 Å². The molecule has 0 spiro atoms. The largest absolute Gasteiger partial charge is 0.461 e. The number of carbonyl (C=O) groups is 1. The van der Waals surface area contributed by atoms with E-state index >= 15 is 0 Å². The fourth-order valence-corrected chi connectivity index (χ4v) is 5.16. The summed E-state index contributed by atoms with van der Waals surface area (Å²) in [6.45, 7) is 6.03. The van der Waals surface area contributed by atoms with Crippen LogP contribution in [0, 0.1) is 13.8 Å². The van der Waals surface area contributed by atoms with Crippen LogP contribution in [0.15, 0.2) is 29.2 Å². The number of esters is 1. The molecule has 0 radical (unpaired) electrons. The van der Waals surface area contributed by atoms with Gasteiger partial charge in [-0.3, -0.25) is 0 Å². The quantitative estimate of drug-likeness (QED) is 0.848. The highest BCUT2D eigenvalue weighted by Gasteiger charge is 2.33. The third kappa shape index (κ3) is 3.09. The van der Waals surface area contributed by atoms with Crippen LogP contribution in [0.2, 0.25) is 0 Å². The zero-order valence-electron chi connectivity index (χ0n) is 14.6. The molecule has 0 amide bonds. The number of aryl methyl sites for hydroxylation is 1. The Kier molecular flexibility index (Phi) is 4.71. The summed E-state index contributed by atoms with van der Waals surface area (Å²) in [5.41, 5.74) is 3.28. The summed E-state index contributed by atoms with van der Waals surface area (Å²) in [6, 6.07) is 7.87. The van der Waals surface area contributed by atoms with Crippen LogP contribution in [-0.4, -0.2) is 36.8 Å². The molecule has 1 aliphatic rings. The Morgan fingerprint density at radius 2 is 1.92 bits per heavy atom. The van der Waals surface area contributed by atoms with Crippen molar-refractivity contribution in [1.82, 2.24) is 9.29 Å². The van der Waals surface area contributed by atoms with E-state index in [0.29, 0.717) is 30.8 Å². The smallest absolute Gasteiger partial charge is 0.355 e. The molecule has 134 valence electrons. The summed E-state index contributed by atoms with van der Waals surface area (Å²) in [5, 5.41) is 0. The van der Waals surface area contributed by atoms with Crippen molar-refractivity contribution < 1.29 is 17.9 Å². The number of carbonyl (C=O) groups excluding carboxylic acids is 1. The van der Waals surface area contributed by atoms with Crippen LogP contribution in [0.1, 0.15) is 39.8 Å². The molecule has 0 fully saturated rings. The van der Waals surface area contributed by atoms with Crippen molar-refractivity contribution in [3.63, 3.8) is 0 Å². The molecule has 1 aromatic carbocycles. The zero-order chi connectivity index (χ0) is 18.2. The van der Waals surface area contributed by atoms with E-state index in [1.54, 1.807) is 20.8 Å². The third-order valence-corrected chi connectivity index (χ3v) is 6.66. The van der Waals surface area contributed by atoms with Crippen molar-refractivity contribution in [2.45, 2.75) is 38.6 Å². The van der Waals surface area contributed by atoms with Crippen molar-refractivity contribution in [1.29, 1.82) is 0 Å². The number of rotatable bonds is 4. The SMILES string of the molecule is CCOC(=O)c1[nH]c(C)c(S(=O)(=O)N2CCc3ccccc3C2)c1C. The maximum Gasteiger partial charge on any atom is 0.355 e. The van der Waals surface area contributed by atoms with E-state index in [0.717, 1.165) is 5.56 Å². The molecule has 2 heterocycles. The first-order valence-corrected chi connectivity index (χ1v) is 9.73. The molecular formula is C18H22N2O4S. The lowest BCUT2D eigenvalue weighted by Crippen LogP contribution is -2.36. The number of benzene rings is 1. The van der Waals surface area contributed by atoms with Gasteiger partial charge < -0.3 is 9.72 Å². The fourth-order valence-electron chi connectivity index (χ4n) is 3.33. The number of nitrogens with zero attached hydrogens (tertiary/aromatic N) is 1. The molecule has 3 rings (SSSR count). The standard InChI is InChI=1S/C18H22N2O4S/c1-4-24-18(21)16-12(2)17(13(3)19-16)25(22,23)20-10-9-14-7-5-6-8-15(14)11-20/h5-8,19H,4,9-11H2,1-3H3. The number of fused-ring (bicyclic) bond motifs is 1. The molecule has 0 atom stereocenters. The van der Waals surface area contributed by atoms with Crippen LogP contribution < -0.4 is 0 Å². The first kappa shape index (κ1) is 17.7. The van der Waals surface area contributed by atoms with Crippen LogP contribution in [0.3, 0.4) is 0 Å². The Hall–Kier alpha value is -2.12. The summed E-state index contributed by atoms with van der Waals surface area (Å²) in [7, 11) is -3.70. The van der Waals surface area contributed by atoms with Gasteiger partial charge in [0.15, 0.2) is 0 Å². The van der Waals surface area contributed by atoms with Gasteiger partial charge in [0, 0.05) is 24.3 Å². The Labute approximate surface area is 147 Å². The summed E-state index contributed by atoms with van der Waals surface area (Å²) < 4.78 is 32.9. The molecule has 0 unspecified atom stereocenters. The highest BCUT2D eigenvalue weighted by Crippen LogP contribution is 2.30. The summed E-state index contributed by atoms with van der Waals surface area (Å²) in [5.74, 6) is -0.534. The number of hydrogen-bond acceptors (Lipinski definition) is 4. The van der Waals surface area contributed by atoms with Crippen molar-refractivity contribution in [3.8, 4) is 0 Å². The van der Waals surface area contributed by atoms with Gasteiger partial charge in [0.2, 0.25) is 10.0 Å². The molecule has 2 aromatic rings. The second-order valence-electron chi connectivity index (χ2n) is 6.16. The predicted octanol–water partition coefficient (Wildman–Crippen LogP) is 2.56. The number of nitrogens with one attached hydrogen (secondary N) is 1. The number of aromatic amines is 1. The first-order chi connectivity index (χ1) is 11.9. The lowest BCUT2D eigenvalue weighted by Gasteiger charge is -2.28. The van der Waals surface area contributed by atoms with E-state index in [4.69, 9.17) is 4.74 Å². The minimum atomic E-state index is -3.70. The zero-order valence-corrected chi connectivity index (χ0v) is 15.4.